The van der Waals surface area contributed by atoms with E-state index in [0.717, 1.165) is 17.3 Å². The van der Waals surface area contributed by atoms with Crippen LogP contribution in [-0.4, -0.2) is 12.5 Å². The summed E-state index contributed by atoms with van der Waals surface area (Å²) in [6.45, 7) is 3.37. The van der Waals surface area contributed by atoms with Crippen LogP contribution in [0.4, 0.5) is 0 Å². The number of quaternary nitrogens is 1. The molecular formula is C19H27NO2. The van der Waals surface area contributed by atoms with Gasteiger partial charge in [0, 0.05) is 0 Å². The highest BCUT2D eigenvalue weighted by Crippen LogP contribution is 2.14. The Morgan fingerprint density at radius 2 is 1.59 bits per heavy atom. The van der Waals surface area contributed by atoms with E-state index in [0.29, 0.717) is 0 Å². The fraction of sp³-hybridized carbons (Fsp3) is 0.421. The second-order valence-electron chi connectivity index (χ2n) is 5.47. The molecule has 0 amide bonds. The van der Waals surface area contributed by atoms with Gasteiger partial charge in [-0.05, 0) is 35.2 Å². The Balaban J connectivity index is 0.000000239. The van der Waals surface area contributed by atoms with E-state index < -0.39 is 5.97 Å². The number of benzene rings is 2. The lowest BCUT2D eigenvalue weighted by Gasteiger charge is -2.03. The van der Waals surface area contributed by atoms with Crippen molar-refractivity contribution in [2.24, 2.45) is 0 Å². The van der Waals surface area contributed by atoms with E-state index in [1.807, 2.05) is 24.3 Å². The van der Waals surface area contributed by atoms with Crippen LogP contribution in [-0.2, 0) is 0 Å². The molecular weight excluding hydrogens is 274 g/mol. The highest BCUT2D eigenvalue weighted by atomic mass is 16.4. The van der Waals surface area contributed by atoms with Crippen molar-refractivity contribution in [3.8, 4) is 0 Å². The smallest absolute Gasteiger partial charge is 0.0739 e. The van der Waals surface area contributed by atoms with Gasteiger partial charge in [-0.3, -0.25) is 0 Å². The minimum Gasteiger partial charge on any atom is -0.545 e. The Labute approximate surface area is 133 Å². The van der Waals surface area contributed by atoms with Crippen molar-refractivity contribution in [2.45, 2.75) is 45.4 Å². The molecule has 0 spiro atoms. The van der Waals surface area contributed by atoms with Crippen molar-refractivity contribution in [1.29, 1.82) is 0 Å². The summed E-state index contributed by atoms with van der Waals surface area (Å²) in [7, 11) is 0. The van der Waals surface area contributed by atoms with Crippen LogP contribution >= 0.6 is 0 Å². The third-order valence-corrected chi connectivity index (χ3v) is 3.59. The third-order valence-electron chi connectivity index (χ3n) is 3.59. The molecule has 0 bridgehead atoms. The van der Waals surface area contributed by atoms with Gasteiger partial charge in [0.05, 0.1) is 12.5 Å². The predicted molar refractivity (Wildman–Crippen MR) is 89.4 cm³/mol. The van der Waals surface area contributed by atoms with Gasteiger partial charge in [-0.15, -0.1) is 0 Å². The molecule has 2 rings (SSSR count). The molecule has 0 aliphatic carbocycles. The molecule has 0 aromatic heterocycles. The number of carbonyl (C=O) groups is 1. The first kappa shape index (κ1) is 18.2. The lowest BCUT2D eigenvalue weighted by molar-refractivity contribution is -0.368. The Kier molecular flexibility index (Phi) is 8.92. The average molecular weight is 301 g/mol. The van der Waals surface area contributed by atoms with Crippen molar-refractivity contribution in [3.05, 3.63) is 48.0 Å². The first-order valence-corrected chi connectivity index (χ1v) is 8.18. The predicted octanol–water partition coefficient (Wildman–Crippen LogP) is 2.79. The zero-order chi connectivity index (χ0) is 16.2. The van der Waals surface area contributed by atoms with Gasteiger partial charge in [-0.1, -0.05) is 69.0 Å². The van der Waals surface area contributed by atoms with Gasteiger partial charge >= 0.3 is 0 Å². The molecule has 2 aromatic rings. The van der Waals surface area contributed by atoms with E-state index in [4.69, 9.17) is 0 Å². The van der Waals surface area contributed by atoms with Gasteiger partial charge in [0.15, 0.2) is 0 Å². The number of carboxylic acids is 1. The highest BCUT2D eigenvalue weighted by Gasteiger charge is 1.95. The van der Waals surface area contributed by atoms with Crippen molar-refractivity contribution >= 4 is 16.7 Å². The molecule has 22 heavy (non-hydrogen) atoms. The molecule has 3 heteroatoms. The minimum absolute atomic E-state index is 0.221. The maximum Gasteiger partial charge on any atom is 0.0739 e. The number of fused-ring (bicyclic) bond motifs is 1. The molecule has 0 radical (unpaired) electrons. The molecule has 3 nitrogen and oxygen atoms in total. The van der Waals surface area contributed by atoms with Crippen molar-refractivity contribution in [1.82, 2.24) is 0 Å². The van der Waals surface area contributed by atoms with Crippen molar-refractivity contribution in [3.63, 3.8) is 0 Å². The zero-order valence-electron chi connectivity index (χ0n) is 13.5. The lowest BCUT2D eigenvalue weighted by atomic mass is 10.1. The number of unbranched alkanes of at least 4 members (excludes halogenated alkanes) is 5. The maximum atomic E-state index is 10.5. The summed E-state index contributed by atoms with van der Waals surface area (Å²) in [5.74, 6) is -1.13. The fourth-order valence-electron chi connectivity index (χ4n) is 2.27. The zero-order valence-corrected chi connectivity index (χ0v) is 13.5. The normalized spacial score (nSPS) is 10.1. The monoisotopic (exact) mass is 301 g/mol. The summed E-state index contributed by atoms with van der Waals surface area (Å²) in [6, 6.07) is 12.6. The highest BCUT2D eigenvalue weighted by molar-refractivity contribution is 5.93. The molecule has 0 fully saturated rings. The van der Waals surface area contributed by atoms with Gasteiger partial charge < -0.3 is 15.6 Å². The Bertz CT molecular complexity index is 560. The number of hydrogen-bond acceptors (Lipinski definition) is 2. The topological polar surface area (TPSA) is 67.8 Å². The molecule has 0 atom stereocenters. The molecule has 2 aromatic carbocycles. The molecule has 3 N–H and O–H groups in total. The van der Waals surface area contributed by atoms with E-state index in [2.05, 4.69) is 12.7 Å². The van der Waals surface area contributed by atoms with Crippen LogP contribution in [0.25, 0.3) is 10.8 Å². The van der Waals surface area contributed by atoms with Crippen molar-refractivity contribution < 1.29 is 15.6 Å². The van der Waals surface area contributed by atoms with Crippen LogP contribution < -0.4 is 10.8 Å². The van der Waals surface area contributed by atoms with Gasteiger partial charge in [-0.25, -0.2) is 0 Å². The van der Waals surface area contributed by atoms with Crippen molar-refractivity contribution in [2.75, 3.05) is 6.54 Å². The van der Waals surface area contributed by atoms with E-state index in [-0.39, 0.29) is 5.56 Å². The molecule has 0 heterocycles. The molecule has 0 aliphatic heterocycles. The van der Waals surface area contributed by atoms with Crippen LogP contribution in [0.2, 0.25) is 0 Å². The number of rotatable bonds is 7. The molecule has 0 unspecified atom stereocenters. The second kappa shape index (κ2) is 10.8. The van der Waals surface area contributed by atoms with Crippen LogP contribution in [0.5, 0.6) is 0 Å². The van der Waals surface area contributed by atoms with E-state index in [1.54, 1.807) is 18.2 Å². The molecule has 0 saturated heterocycles. The van der Waals surface area contributed by atoms with Gasteiger partial charge in [0.25, 0.3) is 0 Å². The standard InChI is InChI=1S/C11H8O2.C8H19N/c12-11(13)10-6-5-8-3-1-2-4-9(8)7-10;1-2-3-4-5-6-7-8-9/h1-7H,(H,12,13);2-9H2,1H3. The van der Waals surface area contributed by atoms with Crippen LogP contribution in [0.1, 0.15) is 55.8 Å². The molecule has 0 aliphatic rings. The average Bonchev–Trinajstić information content (AvgIpc) is 2.55. The third kappa shape index (κ3) is 6.72. The molecule has 0 saturated carbocycles. The summed E-state index contributed by atoms with van der Waals surface area (Å²) >= 11 is 0. The first-order valence-electron chi connectivity index (χ1n) is 8.18. The minimum atomic E-state index is -1.13. The number of hydrogen-bond donors (Lipinski definition) is 1. The fourth-order valence-corrected chi connectivity index (χ4v) is 2.27. The largest absolute Gasteiger partial charge is 0.545 e. The van der Waals surface area contributed by atoms with E-state index in [1.165, 1.54) is 38.5 Å². The Morgan fingerprint density at radius 3 is 2.23 bits per heavy atom. The summed E-state index contributed by atoms with van der Waals surface area (Å²) in [4.78, 5) is 10.5. The van der Waals surface area contributed by atoms with Gasteiger partial charge in [-0.2, -0.15) is 0 Å². The summed E-state index contributed by atoms with van der Waals surface area (Å²) in [5.41, 5.74) is 4.02. The maximum absolute atomic E-state index is 10.5. The summed E-state index contributed by atoms with van der Waals surface area (Å²) in [5, 5.41) is 12.5. The Morgan fingerprint density at radius 1 is 0.955 bits per heavy atom. The van der Waals surface area contributed by atoms with Crippen LogP contribution in [0.3, 0.4) is 0 Å². The molecule has 120 valence electrons. The Hall–Kier alpha value is -1.87. The second-order valence-corrected chi connectivity index (χ2v) is 5.47. The SMILES string of the molecule is CCCCCCCC[NH3+].O=C([O-])c1ccc2ccccc2c1. The lowest BCUT2D eigenvalue weighted by Crippen LogP contribution is -2.50. The van der Waals surface area contributed by atoms with Gasteiger partial charge in [0.1, 0.15) is 0 Å². The quantitative estimate of drug-likeness (QED) is 0.799. The van der Waals surface area contributed by atoms with E-state index in [9.17, 15) is 9.90 Å². The number of carbonyl (C=O) groups excluding carboxylic acids is 1. The first-order chi connectivity index (χ1) is 10.7. The van der Waals surface area contributed by atoms with Gasteiger partial charge in [0.2, 0.25) is 0 Å². The van der Waals surface area contributed by atoms with E-state index >= 15 is 0 Å². The summed E-state index contributed by atoms with van der Waals surface area (Å²) in [6.07, 6.45) is 8.33. The summed E-state index contributed by atoms with van der Waals surface area (Å²) < 4.78 is 0. The number of aromatic carboxylic acids is 1. The number of carboxylic acid groups (broad SMARTS) is 1. The van der Waals surface area contributed by atoms with Crippen LogP contribution in [0, 0.1) is 0 Å². The van der Waals surface area contributed by atoms with Crippen LogP contribution in [0.15, 0.2) is 42.5 Å².